The van der Waals surface area contributed by atoms with Gasteiger partial charge in [0, 0.05) is 42.9 Å². The lowest BCUT2D eigenvalue weighted by Crippen LogP contribution is -2.42. The van der Waals surface area contributed by atoms with Crippen molar-refractivity contribution in [1.29, 1.82) is 0 Å². The lowest BCUT2D eigenvalue weighted by atomic mass is 9.94. The molecule has 1 aromatic carbocycles. The van der Waals surface area contributed by atoms with E-state index in [-0.39, 0.29) is 17.7 Å². The molecule has 0 bridgehead atoms. The topological polar surface area (TPSA) is 69.4 Å². The van der Waals surface area contributed by atoms with E-state index in [2.05, 4.69) is 23.6 Å². The number of benzene rings is 1. The van der Waals surface area contributed by atoms with Crippen LogP contribution in [0.4, 0.5) is 10.5 Å². The number of methoxy groups -OCH3 is 1. The molecular weight excluding hydrogens is 416 g/mol. The fraction of sp³-hybridized carbons (Fsp3) is 0.500. The molecule has 3 aromatic rings. The maximum Gasteiger partial charge on any atom is 0.414 e. The van der Waals surface area contributed by atoms with E-state index in [1.54, 1.807) is 21.6 Å². The van der Waals surface area contributed by atoms with Gasteiger partial charge >= 0.3 is 6.09 Å². The molecule has 7 nitrogen and oxygen atoms in total. The van der Waals surface area contributed by atoms with Crippen molar-refractivity contribution in [3.05, 3.63) is 58.3 Å². The maximum absolute atomic E-state index is 12.5. The quantitative estimate of drug-likeness (QED) is 0.572. The first-order valence-corrected chi connectivity index (χ1v) is 12.1. The van der Waals surface area contributed by atoms with E-state index < -0.39 is 0 Å². The van der Waals surface area contributed by atoms with Crippen molar-refractivity contribution in [3.8, 4) is 0 Å². The Hall–Kier alpha value is -3.09. The maximum atomic E-state index is 12.5. The van der Waals surface area contributed by atoms with E-state index in [0.717, 1.165) is 53.8 Å². The van der Waals surface area contributed by atoms with Gasteiger partial charge in [-0.2, -0.15) is 0 Å². The number of imidazole rings is 1. The highest BCUT2D eigenvalue weighted by molar-refractivity contribution is 5.95. The Morgan fingerprint density at radius 3 is 2.70 bits per heavy atom. The van der Waals surface area contributed by atoms with Crippen molar-refractivity contribution in [3.63, 3.8) is 0 Å². The molecule has 0 saturated heterocycles. The molecule has 2 aliphatic rings. The Kier molecular flexibility index (Phi) is 5.96. The zero-order valence-electron chi connectivity index (χ0n) is 19.5. The number of anilines is 1. The van der Waals surface area contributed by atoms with E-state index in [9.17, 15) is 9.59 Å². The van der Waals surface area contributed by atoms with Crippen LogP contribution in [0.3, 0.4) is 0 Å². The number of pyridine rings is 1. The number of rotatable bonds is 4. The zero-order chi connectivity index (χ0) is 22.9. The number of aromatic nitrogens is 3. The van der Waals surface area contributed by atoms with Gasteiger partial charge in [0.15, 0.2) is 0 Å². The first-order valence-electron chi connectivity index (χ1n) is 12.1. The SMILES string of the molecule is COC(=O)N1c2ccc3c(nc(CCn4ccccc4=O)n3C3CCCCC3)c2CC[C@@H]1C. The summed E-state index contributed by atoms with van der Waals surface area (Å²) in [5, 5.41) is 0. The fourth-order valence-electron chi connectivity index (χ4n) is 5.61. The van der Waals surface area contributed by atoms with Crippen molar-refractivity contribution < 1.29 is 9.53 Å². The average Bonchev–Trinajstić information content (AvgIpc) is 3.22. The lowest BCUT2D eigenvalue weighted by Gasteiger charge is -2.34. The predicted octanol–water partition coefficient (Wildman–Crippen LogP) is 4.85. The number of carbonyl (C=O) groups excluding carboxylic acids is 1. The van der Waals surface area contributed by atoms with E-state index in [1.807, 2.05) is 12.3 Å². The van der Waals surface area contributed by atoms with E-state index in [0.29, 0.717) is 19.0 Å². The second kappa shape index (κ2) is 9.04. The van der Waals surface area contributed by atoms with Gasteiger partial charge in [-0.05, 0) is 50.8 Å². The Labute approximate surface area is 194 Å². The van der Waals surface area contributed by atoms with Crippen LogP contribution in [0.25, 0.3) is 11.0 Å². The molecule has 1 fully saturated rings. The van der Waals surface area contributed by atoms with Crippen molar-refractivity contribution in [2.75, 3.05) is 12.0 Å². The molecule has 0 spiro atoms. The third-order valence-corrected chi connectivity index (χ3v) is 7.31. The second-order valence-electron chi connectivity index (χ2n) is 9.33. The van der Waals surface area contributed by atoms with E-state index >= 15 is 0 Å². The van der Waals surface area contributed by atoms with Crippen LogP contribution in [-0.2, 0) is 24.1 Å². The van der Waals surface area contributed by atoms with Gasteiger partial charge in [-0.25, -0.2) is 9.78 Å². The summed E-state index contributed by atoms with van der Waals surface area (Å²) >= 11 is 0. The Bertz CT molecular complexity index is 1220. The van der Waals surface area contributed by atoms with Gasteiger partial charge in [0.1, 0.15) is 5.82 Å². The van der Waals surface area contributed by atoms with Gasteiger partial charge in [0.05, 0.1) is 23.8 Å². The molecule has 1 atom stereocenters. The summed E-state index contributed by atoms with van der Waals surface area (Å²) in [4.78, 5) is 31.7. The third-order valence-electron chi connectivity index (χ3n) is 7.31. The van der Waals surface area contributed by atoms with Gasteiger partial charge in [-0.1, -0.05) is 25.3 Å². The Morgan fingerprint density at radius 2 is 1.94 bits per heavy atom. The van der Waals surface area contributed by atoms with Crippen LogP contribution < -0.4 is 10.5 Å². The highest BCUT2D eigenvalue weighted by Gasteiger charge is 2.32. The van der Waals surface area contributed by atoms with Gasteiger partial charge < -0.3 is 13.9 Å². The lowest BCUT2D eigenvalue weighted by molar-refractivity contribution is 0.175. The summed E-state index contributed by atoms with van der Waals surface area (Å²) in [5.41, 5.74) is 4.19. The number of hydrogen-bond acceptors (Lipinski definition) is 4. The number of fused-ring (bicyclic) bond motifs is 3. The monoisotopic (exact) mass is 448 g/mol. The number of amides is 1. The number of aryl methyl sites for hydroxylation is 3. The Balaban J connectivity index is 1.60. The first-order chi connectivity index (χ1) is 16.1. The van der Waals surface area contributed by atoms with Gasteiger partial charge in [0.2, 0.25) is 0 Å². The molecule has 3 heterocycles. The van der Waals surface area contributed by atoms with Crippen molar-refractivity contribution >= 4 is 22.8 Å². The molecule has 0 unspecified atom stereocenters. The third kappa shape index (κ3) is 3.94. The van der Waals surface area contributed by atoms with E-state index in [1.165, 1.54) is 26.4 Å². The van der Waals surface area contributed by atoms with Crippen LogP contribution >= 0.6 is 0 Å². The Morgan fingerprint density at radius 1 is 1.12 bits per heavy atom. The smallest absolute Gasteiger partial charge is 0.414 e. The zero-order valence-corrected chi connectivity index (χ0v) is 19.5. The summed E-state index contributed by atoms with van der Waals surface area (Å²) in [5.74, 6) is 1.03. The van der Waals surface area contributed by atoms with Crippen molar-refractivity contribution in [2.45, 2.75) is 76.9 Å². The molecule has 0 N–H and O–H groups in total. The second-order valence-corrected chi connectivity index (χ2v) is 9.33. The van der Waals surface area contributed by atoms with Crippen LogP contribution in [0, 0.1) is 0 Å². The summed E-state index contributed by atoms with van der Waals surface area (Å²) in [6.07, 6.45) is 10.1. The largest absolute Gasteiger partial charge is 0.452 e. The molecule has 2 aromatic heterocycles. The molecule has 1 aliphatic carbocycles. The number of nitrogens with zero attached hydrogens (tertiary/aromatic N) is 4. The normalized spacial score (nSPS) is 19.0. The molecule has 1 saturated carbocycles. The number of hydrogen-bond donors (Lipinski definition) is 0. The number of ether oxygens (including phenoxy) is 1. The van der Waals surface area contributed by atoms with Crippen LogP contribution in [0.2, 0.25) is 0 Å². The van der Waals surface area contributed by atoms with Crippen LogP contribution in [0.15, 0.2) is 41.3 Å². The molecular formula is C26H32N4O3. The number of carbonyl (C=O) groups is 1. The minimum atomic E-state index is -0.321. The van der Waals surface area contributed by atoms with Crippen LogP contribution in [-0.4, -0.2) is 33.4 Å². The summed E-state index contributed by atoms with van der Waals surface area (Å²) in [7, 11) is 1.43. The van der Waals surface area contributed by atoms with Crippen LogP contribution in [0.1, 0.15) is 62.9 Å². The molecule has 33 heavy (non-hydrogen) atoms. The van der Waals surface area contributed by atoms with Gasteiger partial charge in [-0.3, -0.25) is 9.69 Å². The average molecular weight is 449 g/mol. The van der Waals surface area contributed by atoms with Crippen molar-refractivity contribution in [2.24, 2.45) is 0 Å². The van der Waals surface area contributed by atoms with Crippen LogP contribution in [0.5, 0.6) is 0 Å². The highest BCUT2D eigenvalue weighted by Crippen LogP contribution is 2.39. The predicted molar refractivity (Wildman–Crippen MR) is 129 cm³/mol. The molecule has 7 heteroatoms. The summed E-state index contributed by atoms with van der Waals surface area (Å²) < 4.78 is 9.27. The molecule has 1 aliphatic heterocycles. The molecule has 5 rings (SSSR count). The molecule has 1 amide bonds. The minimum Gasteiger partial charge on any atom is -0.452 e. The molecule has 0 radical (unpaired) electrons. The standard InChI is InChI=1S/C26H32N4O3/c1-18-11-12-20-21(29(18)26(32)33-2)13-14-22-25(20)27-23(30(22)19-8-4-3-5-9-19)15-17-28-16-7-6-10-24(28)31/h6-7,10,13-14,16,18-19H,3-5,8-9,11-12,15,17H2,1-2H3/t18-/m0/s1. The minimum absolute atomic E-state index is 0.0120. The highest BCUT2D eigenvalue weighted by atomic mass is 16.5. The molecule has 174 valence electrons. The van der Waals surface area contributed by atoms with E-state index in [4.69, 9.17) is 9.72 Å². The first kappa shape index (κ1) is 21.7. The summed E-state index contributed by atoms with van der Waals surface area (Å²) in [6, 6.07) is 9.98. The summed E-state index contributed by atoms with van der Waals surface area (Å²) in [6.45, 7) is 2.66. The van der Waals surface area contributed by atoms with Gasteiger partial charge in [-0.15, -0.1) is 0 Å². The van der Waals surface area contributed by atoms with Gasteiger partial charge in [0.25, 0.3) is 5.56 Å². The van der Waals surface area contributed by atoms with Crippen molar-refractivity contribution in [1.82, 2.24) is 14.1 Å². The fourth-order valence-corrected chi connectivity index (χ4v) is 5.61.